The Labute approximate surface area is 105 Å². The third-order valence-electron chi connectivity index (χ3n) is 2.64. The van der Waals surface area contributed by atoms with E-state index in [2.05, 4.69) is 5.10 Å². The molecule has 0 saturated heterocycles. The van der Waals surface area contributed by atoms with Gasteiger partial charge < -0.3 is 10.5 Å². The van der Waals surface area contributed by atoms with Crippen LogP contribution in [0.4, 0.5) is 0 Å². The van der Waals surface area contributed by atoms with Crippen LogP contribution >= 0.6 is 0 Å². The molecule has 0 bridgehead atoms. The lowest BCUT2D eigenvalue weighted by Gasteiger charge is -2.06. The first-order chi connectivity index (χ1) is 8.32. The highest BCUT2D eigenvalue weighted by Gasteiger charge is 2.13. The summed E-state index contributed by atoms with van der Waals surface area (Å²) >= 11 is 0. The van der Waals surface area contributed by atoms with Crippen LogP contribution in [0.25, 0.3) is 6.08 Å². The number of primary amides is 1. The van der Waals surface area contributed by atoms with Gasteiger partial charge >= 0.3 is 5.97 Å². The Morgan fingerprint density at radius 1 is 1.44 bits per heavy atom. The molecule has 0 aliphatic carbocycles. The van der Waals surface area contributed by atoms with Crippen LogP contribution in [0.3, 0.4) is 0 Å². The van der Waals surface area contributed by atoms with E-state index in [9.17, 15) is 9.59 Å². The fourth-order valence-corrected chi connectivity index (χ4v) is 1.45. The number of carbonyl (C=O) groups is 2. The molecule has 1 aromatic rings. The molecular formula is C12H17N3O3. The zero-order valence-electron chi connectivity index (χ0n) is 10.9. The van der Waals surface area contributed by atoms with Gasteiger partial charge in [-0.3, -0.25) is 9.48 Å². The lowest BCUT2D eigenvalue weighted by atomic mass is 10.2. The van der Waals surface area contributed by atoms with Gasteiger partial charge in [0.1, 0.15) is 0 Å². The zero-order valence-corrected chi connectivity index (χ0v) is 10.9. The normalized spacial score (nSPS) is 12.7. The second-order valence-corrected chi connectivity index (χ2v) is 4.02. The molecule has 1 heterocycles. The highest BCUT2D eigenvalue weighted by atomic mass is 16.5. The Morgan fingerprint density at radius 3 is 2.50 bits per heavy atom. The minimum atomic E-state index is -0.932. The molecule has 0 radical (unpaired) electrons. The van der Waals surface area contributed by atoms with E-state index in [1.54, 1.807) is 10.8 Å². The molecule has 0 saturated carbocycles. The molecule has 1 amide bonds. The Hall–Kier alpha value is -2.11. The molecule has 1 unspecified atom stereocenters. The van der Waals surface area contributed by atoms with Gasteiger partial charge in [-0.2, -0.15) is 5.10 Å². The van der Waals surface area contributed by atoms with Gasteiger partial charge in [-0.25, -0.2) is 4.79 Å². The number of esters is 1. The van der Waals surface area contributed by atoms with Crippen molar-refractivity contribution in [1.82, 2.24) is 9.78 Å². The van der Waals surface area contributed by atoms with Gasteiger partial charge in [0.05, 0.1) is 5.69 Å². The van der Waals surface area contributed by atoms with E-state index in [4.69, 9.17) is 10.5 Å². The zero-order chi connectivity index (χ0) is 13.9. The van der Waals surface area contributed by atoms with Gasteiger partial charge in [-0.1, -0.05) is 0 Å². The minimum absolute atomic E-state index is 0.607. The average Bonchev–Trinajstić information content (AvgIpc) is 2.51. The molecule has 18 heavy (non-hydrogen) atoms. The van der Waals surface area contributed by atoms with Crippen LogP contribution in [-0.4, -0.2) is 27.8 Å². The smallest absolute Gasteiger partial charge is 0.331 e. The SMILES string of the molecule is Cc1nn(C)c(C)c1/C=C/C(=O)OC(C)C(N)=O. The van der Waals surface area contributed by atoms with Gasteiger partial charge in [-0.05, 0) is 26.8 Å². The summed E-state index contributed by atoms with van der Waals surface area (Å²) in [6, 6.07) is 0. The van der Waals surface area contributed by atoms with Gasteiger partial charge in [0, 0.05) is 24.4 Å². The predicted octanol–water partition coefficient (Wildman–Crippen LogP) is 0.467. The lowest BCUT2D eigenvalue weighted by Crippen LogP contribution is -2.29. The summed E-state index contributed by atoms with van der Waals surface area (Å²) in [5, 5.41) is 4.22. The van der Waals surface area contributed by atoms with E-state index < -0.39 is 18.0 Å². The Kier molecular flexibility index (Phi) is 4.25. The summed E-state index contributed by atoms with van der Waals surface area (Å²) in [5.74, 6) is -1.28. The van der Waals surface area contributed by atoms with Crippen molar-refractivity contribution in [1.29, 1.82) is 0 Å². The second-order valence-electron chi connectivity index (χ2n) is 4.02. The van der Waals surface area contributed by atoms with Crippen LogP contribution in [-0.2, 0) is 21.4 Å². The third kappa shape index (κ3) is 3.19. The number of carbonyl (C=O) groups excluding carboxylic acids is 2. The first kappa shape index (κ1) is 14.0. The summed E-state index contributed by atoms with van der Waals surface area (Å²) < 4.78 is 6.52. The summed E-state index contributed by atoms with van der Waals surface area (Å²) in [6.07, 6.45) is 1.95. The topological polar surface area (TPSA) is 87.2 Å². The van der Waals surface area contributed by atoms with Crippen LogP contribution in [0, 0.1) is 13.8 Å². The van der Waals surface area contributed by atoms with E-state index in [1.165, 1.54) is 13.0 Å². The number of ether oxygens (including phenoxy) is 1. The number of hydrogen-bond acceptors (Lipinski definition) is 4. The van der Waals surface area contributed by atoms with Crippen molar-refractivity contribution >= 4 is 18.0 Å². The third-order valence-corrected chi connectivity index (χ3v) is 2.64. The first-order valence-electron chi connectivity index (χ1n) is 5.51. The number of amides is 1. The fourth-order valence-electron chi connectivity index (χ4n) is 1.45. The van der Waals surface area contributed by atoms with Gasteiger partial charge in [-0.15, -0.1) is 0 Å². The lowest BCUT2D eigenvalue weighted by molar-refractivity contribution is -0.148. The summed E-state index contributed by atoms with van der Waals surface area (Å²) in [7, 11) is 1.83. The number of nitrogens with zero attached hydrogens (tertiary/aromatic N) is 2. The largest absolute Gasteiger partial charge is 0.449 e. The van der Waals surface area contributed by atoms with Crippen molar-refractivity contribution in [2.24, 2.45) is 12.8 Å². The van der Waals surface area contributed by atoms with Crippen molar-refractivity contribution in [3.05, 3.63) is 23.0 Å². The Morgan fingerprint density at radius 2 is 2.06 bits per heavy atom. The van der Waals surface area contributed by atoms with E-state index in [0.29, 0.717) is 0 Å². The number of hydrogen-bond donors (Lipinski definition) is 1. The van der Waals surface area contributed by atoms with Gasteiger partial charge in [0.15, 0.2) is 6.10 Å². The minimum Gasteiger partial charge on any atom is -0.449 e. The van der Waals surface area contributed by atoms with E-state index in [0.717, 1.165) is 17.0 Å². The molecule has 98 valence electrons. The van der Waals surface area contributed by atoms with E-state index in [1.807, 2.05) is 20.9 Å². The van der Waals surface area contributed by atoms with Crippen molar-refractivity contribution in [2.75, 3.05) is 0 Å². The molecule has 0 aliphatic rings. The maximum atomic E-state index is 11.4. The molecule has 1 atom stereocenters. The average molecular weight is 251 g/mol. The highest BCUT2D eigenvalue weighted by Crippen LogP contribution is 2.13. The van der Waals surface area contributed by atoms with Gasteiger partial charge in [0.25, 0.3) is 5.91 Å². The first-order valence-corrected chi connectivity index (χ1v) is 5.51. The highest BCUT2D eigenvalue weighted by molar-refractivity contribution is 5.90. The molecule has 0 spiro atoms. The van der Waals surface area contributed by atoms with Crippen LogP contribution in [0.5, 0.6) is 0 Å². The van der Waals surface area contributed by atoms with E-state index >= 15 is 0 Å². The Balaban J connectivity index is 2.75. The maximum Gasteiger partial charge on any atom is 0.331 e. The number of aryl methyl sites for hydroxylation is 2. The number of aromatic nitrogens is 2. The predicted molar refractivity (Wildman–Crippen MR) is 66.5 cm³/mol. The molecule has 2 N–H and O–H groups in total. The molecule has 0 aromatic carbocycles. The number of rotatable bonds is 4. The maximum absolute atomic E-state index is 11.4. The monoisotopic (exact) mass is 251 g/mol. The summed E-state index contributed by atoms with van der Waals surface area (Å²) in [5.41, 5.74) is 7.62. The summed E-state index contributed by atoms with van der Waals surface area (Å²) in [6.45, 7) is 5.18. The molecule has 1 rings (SSSR count). The summed E-state index contributed by atoms with van der Waals surface area (Å²) in [4.78, 5) is 22.1. The molecule has 1 aromatic heterocycles. The van der Waals surface area contributed by atoms with Crippen LogP contribution in [0.15, 0.2) is 6.08 Å². The standard InChI is InChI=1S/C12H17N3O3/c1-7-10(8(2)15(4)14-7)5-6-11(16)18-9(3)12(13)17/h5-6,9H,1-4H3,(H2,13,17)/b6-5+. The van der Waals surface area contributed by atoms with Crippen molar-refractivity contribution in [3.63, 3.8) is 0 Å². The molecule has 6 heteroatoms. The van der Waals surface area contributed by atoms with E-state index in [-0.39, 0.29) is 0 Å². The van der Waals surface area contributed by atoms with Crippen molar-refractivity contribution < 1.29 is 14.3 Å². The van der Waals surface area contributed by atoms with Crippen molar-refractivity contribution in [3.8, 4) is 0 Å². The Bertz CT molecular complexity index is 503. The van der Waals surface area contributed by atoms with Crippen LogP contribution < -0.4 is 5.73 Å². The van der Waals surface area contributed by atoms with Gasteiger partial charge in [0.2, 0.25) is 0 Å². The quantitative estimate of drug-likeness (QED) is 0.622. The molecule has 0 fully saturated rings. The van der Waals surface area contributed by atoms with Crippen LogP contribution in [0.2, 0.25) is 0 Å². The second kappa shape index (κ2) is 5.48. The fraction of sp³-hybridized carbons (Fsp3) is 0.417. The number of nitrogens with two attached hydrogens (primary N) is 1. The molecule has 6 nitrogen and oxygen atoms in total. The molecular weight excluding hydrogens is 234 g/mol. The molecule has 0 aliphatic heterocycles. The van der Waals surface area contributed by atoms with Crippen LogP contribution in [0.1, 0.15) is 23.9 Å². The van der Waals surface area contributed by atoms with Crippen molar-refractivity contribution in [2.45, 2.75) is 26.9 Å².